The lowest BCUT2D eigenvalue weighted by atomic mass is 10.3. The monoisotopic (exact) mass is 464 g/mol. The zero-order valence-corrected chi connectivity index (χ0v) is 18.2. The van der Waals surface area contributed by atoms with Crippen molar-refractivity contribution in [1.29, 1.82) is 0 Å². The minimum Gasteiger partial charge on any atom is -0.495 e. The quantitative estimate of drug-likeness (QED) is 0.542. The van der Waals surface area contributed by atoms with E-state index in [1.54, 1.807) is 48.5 Å². The Balaban J connectivity index is 2.00. The summed E-state index contributed by atoms with van der Waals surface area (Å²) in [6, 6.07) is 19.2. The van der Waals surface area contributed by atoms with Crippen molar-refractivity contribution in [3.63, 3.8) is 0 Å². The number of anilines is 2. The van der Waals surface area contributed by atoms with E-state index in [-0.39, 0.29) is 20.6 Å². The average Bonchev–Trinajstić information content (AvgIpc) is 2.75. The van der Waals surface area contributed by atoms with Gasteiger partial charge in [-0.05, 0) is 36.4 Å². The van der Waals surface area contributed by atoms with Gasteiger partial charge in [0.25, 0.3) is 10.0 Å². The molecule has 0 spiro atoms. The third kappa shape index (κ3) is 4.70. The molecular weight excluding hydrogens is 447 g/mol. The molecule has 0 aliphatic heterocycles. The van der Waals surface area contributed by atoms with E-state index in [9.17, 15) is 13.2 Å². The molecule has 9 heteroatoms. The van der Waals surface area contributed by atoms with Gasteiger partial charge in [-0.3, -0.25) is 9.10 Å². The Labute approximate surface area is 185 Å². The number of hydrogen-bond acceptors (Lipinski definition) is 4. The molecule has 0 aliphatic carbocycles. The van der Waals surface area contributed by atoms with Gasteiger partial charge in [-0.25, -0.2) is 8.42 Å². The van der Waals surface area contributed by atoms with Gasteiger partial charge in [-0.2, -0.15) is 0 Å². The van der Waals surface area contributed by atoms with E-state index in [2.05, 4.69) is 5.32 Å². The van der Waals surface area contributed by atoms with Gasteiger partial charge in [0.05, 0.1) is 33.4 Å². The number of hydrogen-bond donors (Lipinski definition) is 1. The van der Waals surface area contributed by atoms with Crippen LogP contribution < -0.4 is 14.4 Å². The van der Waals surface area contributed by atoms with Crippen LogP contribution in [0.5, 0.6) is 5.75 Å². The maximum atomic E-state index is 13.3. The van der Waals surface area contributed by atoms with Gasteiger partial charge >= 0.3 is 0 Å². The lowest BCUT2D eigenvalue weighted by Gasteiger charge is -2.25. The smallest absolute Gasteiger partial charge is 0.264 e. The fourth-order valence-electron chi connectivity index (χ4n) is 2.77. The van der Waals surface area contributed by atoms with Crippen molar-refractivity contribution < 1.29 is 17.9 Å². The number of ether oxygens (including phenoxy) is 1. The summed E-state index contributed by atoms with van der Waals surface area (Å²) in [6.45, 7) is -0.519. The summed E-state index contributed by atoms with van der Waals surface area (Å²) in [5, 5.41) is 2.88. The van der Waals surface area contributed by atoms with Gasteiger partial charge in [0.1, 0.15) is 12.3 Å². The fraction of sp³-hybridized carbons (Fsp3) is 0.0952. The van der Waals surface area contributed by atoms with E-state index in [0.717, 1.165) is 4.31 Å². The number of rotatable bonds is 7. The molecule has 0 heterocycles. The van der Waals surface area contributed by atoms with E-state index < -0.39 is 22.5 Å². The molecule has 0 aromatic heterocycles. The minimum absolute atomic E-state index is 0.0196. The Hall–Kier alpha value is -2.74. The number of carbonyl (C=O) groups is 1. The molecule has 0 atom stereocenters. The SMILES string of the molecule is COc1ccccc1NC(=O)CN(c1cccc(Cl)c1Cl)S(=O)(=O)c1ccccc1. The summed E-state index contributed by atoms with van der Waals surface area (Å²) >= 11 is 12.4. The van der Waals surface area contributed by atoms with Crippen LogP contribution >= 0.6 is 23.2 Å². The Morgan fingerprint density at radius 1 is 0.967 bits per heavy atom. The second-order valence-electron chi connectivity index (χ2n) is 6.15. The number of carbonyl (C=O) groups excluding carboxylic acids is 1. The van der Waals surface area contributed by atoms with E-state index >= 15 is 0 Å². The average molecular weight is 465 g/mol. The van der Waals surface area contributed by atoms with Gasteiger partial charge in [0.2, 0.25) is 5.91 Å². The fourth-order valence-corrected chi connectivity index (χ4v) is 4.67. The first-order valence-electron chi connectivity index (χ1n) is 8.79. The normalized spacial score (nSPS) is 11.0. The summed E-state index contributed by atoms with van der Waals surface area (Å²) in [5.41, 5.74) is 0.516. The predicted octanol–water partition coefficient (Wildman–Crippen LogP) is 4.84. The first-order valence-corrected chi connectivity index (χ1v) is 11.0. The van der Waals surface area contributed by atoms with Crippen LogP contribution in [0.3, 0.4) is 0 Å². The Bertz CT molecular complexity index is 1150. The van der Waals surface area contributed by atoms with Crippen molar-refractivity contribution in [1.82, 2.24) is 0 Å². The molecule has 0 radical (unpaired) electrons. The minimum atomic E-state index is -4.10. The number of nitrogens with zero attached hydrogens (tertiary/aromatic N) is 1. The lowest BCUT2D eigenvalue weighted by molar-refractivity contribution is -0.114. The molecule has 0 unspecified atom stereocenters. The lowest BCUT2D eigenvalue weighted by Crippen LogP contribution is -2.38. The molecule has 1 amide bonds. The number of para-hydroxylation sites is 2. The second kappa shape index (κ2) is 9.38. The Morgan fingerprint density at radius 3 is 2.33 bits per heavy atom. The van der Waals surface area contributed by atoms with E-state index in [4.69, 9.17) is 27.9 Å². The van der Waals surface area contributed by atoms with Crippen molar-refractivity contribution in [2.75, 3.05) is 23.3 Å². The highest BCUT2D eigenvalue weighted by atomic mass is 35.5. The number of amides is 1. The highest BCUT2D eigenvalue weighted by Crippen LogP contribution is 2.35. The van der Waals surface area contributed by atoms with E-state index in [1.807, 2.05) is 0 Å². The number of nitrogens with one attached hydrogen (secondary N) is 1. The largest absolute Gasteiger partial charge is 0.495 e. The van der Waals surface area contributed by atoms with Gasteiger partial charge < -0.3 is 10.1 Å². The second-order valence-corrected chi connectivity index (χ2v) is 8.79. The van der Waals surface area contributed by atoms with Crippen LogP contribution in [0, 0.1) is 0 Å². The molecule has 30 heavy (non-hydrogen) atoms. The van der Waals surface area contributed by atoms with Crippen LogP contribution in [0.25, 0.3) is 0 Å². The standard InChI is InChI=1S/C21H18Cl2N2O4S/c1-29-19-13-6-5-11-17(19)24-20(26)14-25(18-12-7-10-16(22)21(18)23)30(27,28)15-8-3-2-4-9-15/h2-13H,14H2,1H3,(H,24,26). The molecule has 0 bridgehead atoms. The zero-order valence-electron chi connectivity index (χ0n) is 15.9. The summed E-state index contributed by atoms with van der Waals surface area (Å²) in [5.74, 6) is -0.126. The number of benzene rings is 3. The molecule has 1 N–H and O–H groups in total. The Kier molecular flexibility index (Phi) is 6.87. The van der Waals surface area contributed by atoms with Gasteiger partial charge in [-0.15, -0.1) is 0 Å². The maximum Gasteiger partial charge on any atom is 0.264 e. The summed E-state index contributed by atoms with van der Waals surface area (Å²) in [7, 11) is -2.62. The highest BCUT2D eigenvalue weighted by Gasteiger charge is 2.29. The zero-order chi connectivity index (χ0) is 21.7. The molecular formula is C21H18Cl2N2O4S. The van der Waals surface area contributed by atoms with Crippen LogP contribution in [0.4, 0.5) is 11.4 Å². The topological polar surface area (TPSA) is 75.7 Å². The molecule has 3 rings (SSSR count). The summed E-state index contributed by atoms with van der Waals surface area (Å²) in [6.07, 6.45) is 0. The summed E-state index contributed by atoms with van der Waals surface area (Å²) < 4.78 is 32.8. The molecule has 0 aliphatic rings. The molecule has 0 fully saturated rings. The predicted molar refractivity (Wildman–Crippen MR) is 119 cm³/mol. The van der Waals surface area contributed by atoms with E-state index in [0.29, 0.717) is 11.4 Å². The van der Waals surface area contributed by atoms with Crippen molar-refractivity contribution in [3.05, 3.63) is 82.8 Å². The van der Waals surface area contributed by atoms with Crippen LogP contribution in [0.2, 0.25) is 10.0 Å². The Morgan fingerprint density at radius 2 is 1.63 bits per heavy atom. The van der Waals surface area contributed by atoms with Gasteiger partial charge in [0.15, 0.2) is 0 Å². The third-order valence-electron chi connectivity index (χ3n) is 4.20. The van der Waals surface area contributed by atoms with Crippen LogP contribution in [0.15, 0.2) is 77.7 Å². The maximum absolute atomic E-state index is 13.3. The van der Waals surface area contributed by atoms with Gasteiger partial charge in [0, 0.05) is 0 Å². The highest BCUT2D eigenvalue weighted by molar-refractivity contribution is 7.92. The molecule has 6 nitrogen and oxygen atoms in total. The third-order valence-corrected chi connectivity index (χ3v) is 6.78. The summed E-state index contributed by atoms with van der Waals surface area (Å²) in [4.78, 5) is 12.8. The van der Waals surface area contributed by atoms with Crippen LogP contribution in [-0.4, -0.2) is 28.0 Å². The van der Waals surface area contributed by atoms with Crippen LogP contribution in [-0.2, 0) is 14.8 Å². The van der Waals surface area contributed by atoms with Crippen LogP contribution in [0.1, 0.15) is 0 Å². The number of sulfonamides is 1. The first-order chi connectivity index (χ1) is 14.3. The van der Waals surface area contributed by atoms with E-state index in [1.165, 1.54) is 31.4 Å². The molecule has 0 saturated carbocycles. The van der Waals surface area contributed by atoms with Crippen molar-refractivity contribution >= 4 is 50.5 Å². The molecule has 3 aromatic rings. The molecule has 3 aromatic carbocycles. The number of halogens is 2. The molecule has 156 valence electrons. The number of methoxy groups -OCH3 is 1. The first kappa shape index (κ1) is 22.0. The van der Waals surface area contributed by atoms with Crippen molar-refractivity contribution in [3.8, 4) is 5.75 Å². The van der Waals surface area contributed by atoms with Gasteiger partial charge in [-0.1, -0.05) is 59.6 Å². The molecule has 0 saturated heterocycles. The van der Waals surface area contributed by atoms with Crippen molar-refractivity contribution in [2.45, 2.75) is 4.90 Å². The van der Waals surface area contributed by atoms with Crippen molar-refractivity contribution in [2.24, 2.45) is 0 Å².